The molecule has 1 atom stereocenters. The molecule has 9 heteroatoms. The molecule has 2 amide bonds. The number of aromatic nitrogens is 1. The second kappa shape index (κ2) is 11.3. The van der Waals surface area contributed by atoms with Crippen LogP contribution in [0.15, 0.2) is 53.9 Å². The third kappa shape index (κ3) is 6.69. The molecular weight excluding hydrogens is 455 g/mol. The monoisotopic (exact) mass is 482 g/mol. The van der Waals surface area contributed by atoms with E-state index in [1.807, 2.05) is 12.1 Å². The Morgan fingerprint density at radius 2 is 2.03 bits per heavy atom. The first-order valence-electron chi connectivity index (χ1n) is 11.1. The van der Waals surface area contributed by atoms with E-state index in [2.05, 4.69) is 39.6 Å². The second-order valence-electron chi connectivity index (χ2n) is 8.27. The maximum atomic E-state index is 13.8. The van der Waals surface area contributed by atoms with Crippen molar-refractivity contribution >= 4 is 28.3 Å². The van der Waals surface area contributed by atoms with Crippen molar-refractivity contribution in [1.82, 2.24) is 15.2 Å². The van der Waals surface area contributed by atoms with E-state index < -0.39 is 11.7 Å². The highest BCUT2D eigenvalue weighted by atomic mass is 32.1. The van der Waals surface area contributed by atoms with Gasteiger partial charge in [-0.15, -0.1) is 11.3 Å². The fraction of sp³-hybridized carbons (Fsp3) is 0.320. The van der Waals surface area contributed by atoms with Gasteiger partial charge in [-0.3, -0.25) is 19.8 Å². The average Bonchev–Trinajstić information content (AvgIpc) is 3.24. The van der Waals surface area contributed by atoms with Crippen molar-refractivity contribution in [3.8, 4) is 0 Å². The number of nitrogens with zero attached hydrogens (tertiary/aromatic N) is 2. The van der Waals surface area contributed by atoms with E-state index in [1.54, 1.807) is 11.4 Å². The fourth-order valence-corrected chi connectivity index (χ4v) is 4.52. The summed E-state index contributed by atoms with van der Waals surface area (Å²) in [6.07, 6.45) is 0.340. The molecule has 1 aromatic heterocycles. The molecule has 0 radical (unpaired) electrons. The summed E-state index contributed by atoms with van der Waals surface area (Å²) in [4.78, 5) is 31.3. The topological polar surface area (TPSA) is 83.6 Å². The Morgan fingerprint density at radius 3 is 2.85 bits per heavy atom. The van der Waals surface area contributed by atoms with Gasteiger partial charge in [-0.2, -0.15) is 0 Å². The Morgan fingerprint density at radius 1 is 1.21 bits per heavy atom. The van der Waals surface area contributed by atoms with Crippen molar-refractivity contribution in [3.63, 3.8) is 0 Å². The first-order valence-corrected chi connectivity index (χ1v) is 12.0. The molecule has 34 heavy (non-hydrogen) atoms. The number of hydrogen-bond acceptors (Lipinski definition) is 6. The molecule has 2 aromatic carbocycles. The van der Waals surface area contributed by atoms with Gasteiger partial charge in [0.15, 0.2) is 5.13 Å². The van der Waals surface area contributed by atoms with Crippen molar-refractivity contribution in [2.75, 3.05) is 25.0 Å². The SMILES string of the molecule is CC1CN(Cc2cccc(CNC(=O)Cc3csc(NC(=O)c4ccccc4F)n3)c2)CCO1. The van der Waals surface area contributed by atoms with Crippen molar-refractivity contribution in [3.05, 3.63) is 82.1 Å². The van der Waals surface area contributed by atoms with Gasteiger partial charge in [0.05, 0.1) is 30.4 Å². The van der Waals surface area contributed by atoms with Crippen LogP contribution in [0, 0.1) is 5.82 Å². The molecule has 1 saturated heterocycles. The highest BCUT2D eigenvalue weighted by molar-refractivity contribution is 7.14. The molecule has 4 rings (SSSR count). The van der Waals surface area contributed by atoms with Crippen LogP contribution in [-0.2, 0) is 29.0 Å². The van der Waals surface area contributed by atoms with Crippen LogP contribution < -0.4 is 10.6 Å². The van der Waals surface area contributed by atoms with Gasteiger partial charge in [-0.05, 0) is 30.2 Å². The number of rotatable bonds is 8. The van der Waals surface area contributed by atoms with E-state index in [0.29, 0.717) is 17.4 Å². The van der Waals surface area contributed by atoms with Gasteiger partial charge in [0.2, 0.25) is 5.91 Å². The Bertz CT molecular complexity index is 1150. The molecule has 3 aromatic rings. The van der Waals surface area contributed by atoms with Gasteiger partial charge in [0.1, 0.15) is 5.82 Å². The van der Waals surface area contributed by atoms with E-state index in [4.69, 9.17) is 4.74 Å². The predicted octanol–water partition coefficient (Wildman–Crippen LogP) is 3.61. The number of hydrogen-bond donors (Lipinski definition) is 2. The Labute approximate surface area is 202 Å². The van der Waals surface area contributed by atoms with E-state index in [9.17, 15) is 14.0 Å². The van der Waals surface area contributed by atoms with E-state index in [1.165, 1.54) is 35.1 Å². The number of thiazole rings is 1. The first-order chi connectivity index (χ1) is 16.5. The minimum atomic E-state index is -0.597. The van der Waals surface area contributed by atoms with Gasteiger partial charge < -0.3 is 10.1 Å². The van der Waals surface area contributed by atoms with Crippen LogP contribution in [0.1, 0.15) is 34.1 Å². The van der Waals surface area contributed by atoms with Crippen LogP contribution in [0.3, 0.4) is 0 Å². The molecule has 178 valence electrons. The first kappa shape index (κ1) is 24.0. The minimum Gasteiger partial charge on any atom is -0.376 e. The molecular formula is C25H27FN4O3S. The number of carbonyl (C=O) groups excluding carboxylic acids is 2. The predicted molar refractivity (Wildman–Crippen MR) is 129 cm³/mol. The number of halogens is 1. The number of amides is 2. The Balaban J connectivity index is 1.26. The molecule has 1 unspecified atom stereocenters. The van der Waals surface area contributed by atoms with E-state index in [-0.39, 0.29) is 24.0 Å². The molecule has 2 heterocycles. The number of carbonyl (C=O) groups is 2. The summed E-state index contributed by atoms with van der Waals surface area (Å²) in [6, 6.07) is 13.9. The summed E-state index contributed by atoms with van der Waals surface area (Å²) in [5, 5.41) is 7.53. The summed E-state index contributed by atoms with van der Waals surface area (Å²) in [6.45, 7) is 5.95. The number of benzene rings is 2. The zero-order valence-electron chi connectivity index (χ0n) is 18.9. The van der Waals surface area contributed by atoms with Gasteiger partial charge in [0, 0.05) is 31.6 Å². The van der Waals surface area contributed by atoms with E-state index >= 15 is 0 Å². The number of anilines is 1. The lowest BCUT2D eigenvalue weighted by Crippen LogP contribution is -2.40. The zero-order valence-corrected chi connectivity index (χ0v) is 19.7. The summed E-state index contributed by atoms with van der Waals surface area (Å²) in [5.41, 5.74) is 2.72. The van der Waals surface area contributed by atoms with Crippen molar-refractivity contribution in [2.24, 2.45) is 0 Å². The highest BCUT2D eigenvalue weighted by Gasteiger charge is 2.17. The Kier molecular flexibility index (Phi) is 7.99. The lowest BCUT2D eigenvalue weighted by molar-refractivity contribution is -0.120. The maximum Gasteiger partial charge on any atom is 0.260 e. The summed E-state index contributed by atoms with van der Waals surface area (Å²) in [7, 11) is 0. The molecule has 1 fully saturated rings. The Hall–Kier alpha value is -3.14. The third-order valence-corrected chi connectivity index (χ3v) is 6.25. The van der Waals surface area contributed by atoms with Crippen LogP contribution in [0.25, 0.3) is 0 Å². The summed E-state index contributed by atoms with van der Waals surface area (Å²) >= 11 is 1.19. The van der Waals surface area contributed by atoms with Crippen molar-refractivity contribution < 1.29 is 18.7 Å². The summed E-state index contributed by atoms with van der Waals surface area (Å²) < 4.78 is 19.4. The van der Waals surface area contributed by atoms with Crippen molar-refractivity contribution in [2.45, 2.75) is 32.5 Å². The molecule has 0 saturated carbocycles. The van der Waals surface area contributed by atoms with Gasteiger partial charge in [-0.25, -0.2) is 9.37 Å². The van der Waals surface area contributed by atoms with Crippen LogP contribution in [-0.4, -0.2) is 47.5 Å². The standard InChI is InChI=1S/C25H27FN4O3S/c1-17-14-30(9-10-33-17)15-19-6-4-5-18(11-19)13-27-23(31)12-20-16-34-25(28-20)29-24(32)21-7-2-3-8-22(21)26/h2-8,11,16-17H,9-10,12-15H2,1H3,(H,27,31)(H,28,29,32). The normalized spacial score (nSPS) is 16.2. The molecule has 2 N–H and O–H groups in total. The molecule has 0 aliphatic carbocycles. The maximum absolute atomic E-state index is 13.8. The largest absolute Gasteiger partial charge is 0.376 e. The molecule has 1 aliphatic rings. The van der Waals surface area contributed by atoms with Gasteiger partial charge >= 0.3 is 0 Å². The number of ether oxygens (including phenoxy) is 1. The average molecular weight is 483 g/mol. The molecule has 0 bridgehead atoms. The van der Waals surface area contributed by atoms with Crippen LogP contribution in [0.4, 0.5) is 9.52 Å². The third-order valence-electron chi connectivity index (χ3n) is 5.44. The lowest BCUT2D eigenvalue weighted by Gasteiger charge is -2.31. The molecule has 1 aliphatic heterocycles. The lowest BCUT2D eigenvalue weighted by atomic mass is 10.1. The summed E-state index contributed by atoms with van der Waals surface area (Å²) in [5.74, 6) is -1.33. The smallest absolute Gasteiger partial charge is 0.260 e. The van der Waals surface area contributed by atoms with Crippen molar-refractivity contribution in [1.29, 1.82) is 0 Å². The van der Waals surface area contributed by atoms with Crippen LogP contribution >= 0.6 is 11.3 Å². The van der Waals surface area contributed by atoms with Gasteiger partial charge in [-0.1, -0.05) is 36.4 Å². The molecule has 0 spiro atoms. The fourth-order valence-electron chi connectivity index (χ4n) is 3.81. The quantitative estimate of drug-likeness (QED) is 0.513. The van der Waals surface area contributed by atoms with Crippen LogP contribution in [0.5, 0.6) is 0 Å². The van der Waals surface area contributed by atoms with E-state index in [0.717, 1.165) is 31.8 Å². The zero-order chi connectivity index (χ0) is 23.9. The number of nitrogens with one attached hydrogen (secondary N) is 2. The second-order valence-corrected chi connectivity index (χ2v) is 9.13. The van der Waals surface area contributed by atoms with Gasteiger partial charge in [0.25, 0.3) is 5.91 Å². The molecule has 7 nitrogen and oxygen atoms in total. The highest BCUT2D eigenvalue weighted by Crippen LogP contribution is 2.18. The number of morpholine rings is 1. The van der Waals surface area contributed by atoms with Crippen LogP contribution in [0.2, 0.25) is 0 Å². The minimum absolute atomic E-state index is 0.0534.